The molecule has 162 valence electrons. The first kappa shape index (κ1) is 21.2. The molecule has 0 radical (unpaired) electrons. The minimum absolute atomic E-state index is 0.284. The number of likely N-dealkylation sites (tertiary alicyclic amines) is 1. The van der Waals surface area contributed by atoms with E-state index in [1.165, 1.54) is 29.9 Å². The molecule has 0 saturated carbocycles. The van der Waals surface area contributed by atoms with Crippen LogP contribution in [0.5, 0.6) is 0 Å². The first-order valence-electron chi connectivity index (χ1n) is 10.2. The van der Waals surface area contributed by atoms with Crippen molar-refractivity contribution in [1.82, 2.24) is 4.90 Å². The average Bonchev–Trinajstić information content (AvgIpc) is 3.39. The summed E-state index contributed by atoms with van der Waals surface area (Å²) < 4.78 is 10.6. The van der Waals surface area contributed by atoms with Gasteiger partial charge in [-0.25, -0.2) is 4.79 Å². The number of nitriles is 1. The van der Waals surface area contributed by atoms with Crippen molar-refractivity contribution in [1.29, 1.82) is 5.26 Å². The number of nitrogens with one attached hydrogen (secondary N) is 1. The normalized spacial score (nSPS) is 20.8. The maximum Gasteiger partial charge on any atom is 0.410 e. The van der Waals surface area contributed by atoms with E-state index < -0.39 is 12.2 Å². The maximum atomic E-state index is 12.4. The van der Waals surface area contributed by atoms with Crippen molar-refractivity contribution < 1.29 is 23.8 Å². The van der Waals surface area contributed by atoms with Crippen LogP contribution in [-0.2, 0) is 22.4 Å². The molecule has 2 aromatic rings. The molecule has 3 heterocycles. The number of fused-ring (bicyclic) bond motifs is 1. The Labute approximate surface area is 183 Å². The number of hydrogen-bond donors (Lipinski definition) is 2. The second-order valence-corrected chi connectivity index (χ2v) is 8.79. The number of furan rings is 1. The quantitative estimate of drug-likeness (QED) is 0.703. The molecule has 2 N–H and O–H groups in total. The zero-order chi connectivity index (χ0) is 21.8. The summed E-state index contributed by atoms with van der Waals surface area (Å²) in [5.74, 6) is -0.331. The van der Waals surface area contributed by atoms with Crippen molar-refractivity contribution in [2.75, 3.05) is 18.4 Å². The third-order valence-electron chi connectivity index (χ3n) is 5.46. The highest BCUT2D eigenvalue weighted by molar-refractivity contribution is 7.16. The molecule has 8 nitrogen and oxygen atoms in total. The first-order valence-corrected chi connectivity index (χ1v) is 11.0. The zero-order valence-corrected chi connectivity index (χ0v) is 17.7. The van der Waals surface area contributed by atoms with Crippen LogP contribution >= 0.6 is 11.3 Å². The molecule has 0 bridgehead atoms. The van der Waals surface area contributed by atoms with Gasteiger partial charge in [0.05, 0.1) is 24.2 Å². The Morgan fingerprint density at radius 2 is 2.29 bits per heavy atom. The zero-order valence-electron chi connectivity index (χ0n) is 16.9. The fourth-order valence-corrected chi connectivity index (χ4v) is 5.16. The number of carbonyl (C=O) groups excluding carboxylic acids is 2. The molecule has 2 atom stereocenters. The van der Waals surface area contributed by atoms with Crippen molar-refractivity contribution in [3.63, 3.8) is 0 Å². The molecule has 31 heavy (non-hydrogen) atoms. The standard InChI is InChI=1S/C22H23N3O5S/c23-11-18-17-5-4-16(30-22(28)25-8-1-2-15(26)12-25)10-19(17)31-21(18)24-20(27)6-3-14-7-9-29-13-14/h3,6-7,9,13,15-16,26H,1-2,4-5,8,10,12H2,(H,24,27)/b6-3+. The average molecular weight is 442 g/mol. The number of β-amino-alcohol motifs (C(OH)–C–C–N with tert-alkyl or cyclic N) is 1. The third-order valence-corrected chi connectivity index (χ3v) is 6.63. The summed E-state index contributed by atoms with van der Waals surface area (Å²) in [4.78, 5) is 27.2. The van der Waals surface area contributed by atoms with Crippen LogP contribution in [0.3, 0.4) is 0 Å². The lowest BCUT2D eigenvalue weighted by Gasteiger charge is -2.31. The highest BCUT2D eigenvalue weighted by Gasteiger charge is 2.30. The van der Waals surface area contributed by atoms with Gasteiger partial charge >= 0.3 is 6.09 Å². The van der Waals surface area contributed by atoms with Gasteiger partial charge in [0.2, 0.25) is 5.91 Å². The molecule has 9 heteroatoms. The van der Waals surface area contributed by atoms with Gasteiger partial charge in [-0.15, -0.1) is 11.3 Å². The van der Waals surface area contributed by atoms with Gasteiger partial charge in [-0.1, -0.05) is 0 Å². The number of aliphatic hydroxyl groups excluding tert-OH is 1. The molecule has 1 fully saturated rings. The number of aliphatic hydroxyl groups is 1. The fraction of sp³-hybridized carbons (Fsp3) is 0.409. The molecular weight excluding hydrogens is 418 g/mol. The van der Waals surface area contributed by atoms with Crippen LogP contribution in [0.1, 0.15) is 40.8 Å². The summed E-state index contributed by atoms with van der Waals surface area (Å²) in [6.07, 6.45) is 8.10. The van der Waals surface area contributed by atoms with Gasteiger partial charge in [0.15, 0.2) is 0 Å². The maximum absolute atomic E-state index is 12.4. The van der Waals surface area contributed by atoms with Gasteiger partial charge in [0.1, 0.15) is 17.2 Å². The lowest BCUT2D eigenvalue weighted by atomic mass is 9.94. The molecule has 1 saturated heterocycles. The Morgan fingerprint density at radius 1 is 1.42 bits per heavy atom. The Kier molecular flexibility index (Phi) is 6.39. The van der Waals surface area contributed by atoms with Crippen LogP contribution in [0.4, 0.5) is 9.80 Å². The lowest BCUT2D eigenvalue weighted by molar-refractivity contribution is -0.111. The Balaban J connectivity index is 1.40. The third kappa shape index (κ3) is 4.98. The Morgan fingerprint density at radius 3 is 3.03 bits per heavy atom. The highest BCUT2D eigenvalue weighted by Crippen LogP contribution is 2.38. The molecule has 2 unspecified atom stereocenters. The summed E-state index contributed by atoms with van der Waals surface area (Å²) >= 11 is 1.35. The number of piperidine rings is 1. The van der Waals surface area contributed by atoms with E-state index in [2.05, 4.69) is 11.4 Å². The minimum Gasteiger partial charge on any atom is -0.472 e. The van der Waals surface area contributed by atoms with Crippen LogP contribution in [0.15, 0.2) is 29.1 Å². The van der Waals surface area contributed by atoms with Gasteiger partial charge in [-0.3, -0.25) is 4.79 Å². The summed E-state index contributed by atoms with van der Waals surface area (Å²) in [6.45, 7) is 0.894. The molecule has 2 aliphatic rings. The predicted molar refractivity (Wildman–Crippen MR) is 115 cm³/mol. The first-order chi connectivity index (χ1) is 15.0. The van der Waals surface area contributed by atoms with Crippen LogP contribution in [0.2, 0.25) is 0 Å². The van der Waals surface area contributed by atoms with E-state index in [0.29, 0.717) is 49.3 Å². The largest absolute Gasteiger partial charge is 0.472 e. The predicted octanol–water partition coefficient (Wildman–Crippen LogP) is 3.32. The molecule has 2 aromatic heterocycles. The molecular formula is C22H23N3O5S. The fourth-order valence-electron chi connectivity index (χ4n) is 3.90. The van der Waals surface area contributed by atoms with Crippen molar-refractivity contribution in [3.8, 4) is 6.07 Å². The number of amides is 2. The second-order valence-electron chi connectivity index (χ2n) is 7.69. The van der Waals surface area contributed by atoms with E-state index in [1.54, 1.807) is 17.0 Å². The van der Waals surface area contributed by atoms with Gasteiger partial charge in [0.25, 0.3) is 0 Å². The van der Waals surface area contributed by atoms with Gasteiger partial charge in [-0.05, 0) is 43.4 Å². The van der Waals surface area contributed by atoms with Crippen molar-refractivity contribution in [3.05, 3.63) is 46.2 Å². The number of nitrogens with zero attached hydrogens (tertiary/aromatic N) is 2. The van der Waals surface area contributed by atoms with E-state index in [1.807, 2.05) is 0 Å². The molecule has 0 aromatic carbocycles. The summed E-state index contributed by atoms with van der Waals surface area (Å²) in [6, 6.07) is 3.94. The van der Waals surface area contributed by atoms with E-state index in [4.69, 9.17) is 9.15 Å². The number of anilines is 1. The molecule has 1 aliphatic carbocycles. The molecule has 1 aliphatic heterocycles. The summed E-state index contributed by atoms with van der Waals surface area (Å²) in [5, 5.41) is 22.7. The van der Waals surface area contributed by atoms with Crippen LogP contribution < -0.4 is 5.32 Å². The van der Waals surface area contributed by atoms with Gasteiger partial charge in [-0.2, -0.15) is 5.26 Å². The summed E-state index contributed by atoms with van der Waals surface area (Å²) in [7, 11) is 0. The number of ether oxygens (including phenoxy) is 1. The topological polar surface area (TPSA) is 116 Å². The van der Waals surface area contributed by atoms with Gasteiger partial charge in [0, 0.05) is 36.0 Å². The number of thiophene rings is 1. The van der Waals surface area contributed by atoms with E-state index in [0.717, 1.165) is 22.4 Å². The van der Waals surface area contributed by atoms with E-state index in [9.17, 15) is 20.0 Å². The van der Waals surface area contributed by atoms with Crippen LogP contribution in [0.25, 0.3) is 6.08 Å². The van der Waals surface area contributed by atoms with E-state index >= 15 is 0 Å². The van der Waals surface area contributed by atoms with Crippen LogP contribution in [0, 0.1) is 11.3 Å². The molecule has 0 spiro atoms. The van der Waals surface area contributed by atoms with E-state index in [-0.39, 0.29) is 12.0 Å². The number of hydrogen-bond acceptors (Lipinski definition) is 7. The van der Waals surface area contributed by atoms with Crippen molar-refractivity contribution in [2.45, 2.75) is 44.3 Å². The highest BCUT2D eigenvalue weighted by atomic mass is 32.1. The van der Waals surface area contributed by atoms with Crippen molar-refractivity contribution in [2.24, 2.45) is 0 Å². The van der Waals surface area contributed by atoms with Crippen LogP contribution in [-0.4, -0.2) is 47.3 Å². The Bertz CT molecular complexity index is 1020. The monoisotopic (exact) mass is 441 g/mol. The smallest absolute Gasteiger partial charge is 0.410 e. The SMILES string of the molecule is N#Cc1c(NC(=O)/C=C/c2ccoc2)sc2c1CCC(OC(=O)N1CCCC(O)C1)C2. The number of carbonyl (C=O) groups is 2. The minimum atomic E-state index is -0.497. The van der Waals surface area contributed by atoms with Gasteiger partial charge < -0.3 is 24.5 Å². The number of rotatable bonds is 4. The molecule has 4 rings (SSSR count). The second kappa shape index (κ2) is 9.37. The lowest BCUT2D eigenvalue weighted by Crippen LogP contribution is -2.44. The van der Waals surface area contributed by atoms with Crippen molar-refractivity contribution >= 4 is 34.4 Å². The summed E-state index contributed by atoms with van der Waals surface area (Å²) in [5.41, 5.74) is 2.17. The Hall–Kier alpha value is -3.09. The molecule has 2 amide bonds.